The van der Waals surface area contributed by atoms with Gasteiger partial charge in [-0.15, -0.1) is 0 Å². The first-order valence-electron chi connectivity index (χ1n) is 52.3. The Morgan fingerprint density at radius 2 is 0.802 bits per heavy atom. The van der Waals surface area contributed by atoms with Crippen LogP contribution in [-0.4, -0.2) is 26.0 Å². The predicted octanol–water partition coefficient (Wildman–Crippen LogP) is 41.1. The Labute approximate surface area is 798 Å². The van der Waals surface area contributed by atoms with Gasteiger partial charge in [0.2, 0.25) is 0 Å². The molecule has 1 nitrogen and oxygen atoms in total. The molecule has 738 valence electrons. The maximum absolute atomic E-state index is 2.40. The highest BCUT2D eigenvalue weighted by Crippen LogP contribution is 2.43. The van der Waals surface area contributed by atoms with E-state index in [0.29, 0.717) is 16.2 Å². The molecule has 11 rings (SSSR count). The second-order valence-electron chi connectivity index (χ2n) is 45.2. The fourth-order valence-electron chi connectivity index (χ4n) is 19.4. The molecule has 5 aromatic carbocycles. The van der Waals surface area contributed by atoms with Crippen LogP contribution in [0.2, 0.25) is 0 Å². The summed E-state index contributed by atoms with van der Waals surface area (Å²) in [6, 6.07) is 33.0. The van der Waals surface area contributed by atoms with Gasteiger partial charge in [0.15, 0.2) is 0 Å². The second-order valence-corrected chi connectivity index (χ2v) is 45.2. The smallest absolute Gasteiger partial charge is 0.0140 e. The van der Waals surface area contributed by atoms with E-state index >= 15 is 0 Å². The zero-order valence-electron chi connectivity index (χ0n) is 91.7. The molecule has 6 aliphatic carbocycles. The molecule has 10 unspecified atom stereocenters. The van der Waals surface area contributed by atoms with Gasteiger partial charge in [-0.25, -0.2) is 0 Å². The number of hydrogen-bond donors (Lipinski definition) is 0. The van der Waals surface area contributed by atoms with E-state index in [1.54, 1.807) is 5.56 Å². The van der Waals surface area contributed by atoms with Gasteiger partial charge in [0.1, 0.15) is 0 Å². The van der Waals surface area contributed by atoms with Crippen LogP contribution < -0.4 is 0 Å². The number of unbranched alkanes of at least 4 members (excludes halogenated alkanes) is 1. The van der Waals surface area contributed by atoms with Crippen LogP contribution in [0.15, 0.2) is 91.0 Å². The maximum Gasteiger partial charge on any atom is -0.0140 e. The predicted molar refractivity (Wildman–Crippen MR) is 588 cm³/mol. The molecule has 6 aliphatic rings. The van der Waals surface area contributed by atoms with Crippen LogP contribution >= 0.6 is 0 Å². The first-order chi connectivity index (χ1) is 57.3. The molecule has 0 saturated heterocycles. The van der Waals surface area contributed by atoms with Crippen molar-refractivity contribution >= 4 is 0 Å². The Hall–Kier alpha value is -3.94. The van der Waals surface area contributed by atoms with Crippen molar-refractivity contribution in [2.75, 3.05) is 21.1 Å². The fourth-order valence-corrected chi connectivity index (χ4v) is 19.4. The number of nitrogens with zero attached hydrogens (tertiary/aromatic N) is 1. The van der Waals surface area contributed by atoms with Gasteiger partial charge in [0.05, 0.1) is 0 Å². The van der Waals surface area contributed by atoms with Crippen LogP contribution in [0.3, 0.4) is 0 Å². The van der Waals surface area contributed by atoms with E-state index < -0.39 is 0 Å². The molecule has 5 aromatic rings. The monoisotopic (exact) mass is 1750 g/mol. The standard InChI is InChI=1S/2C12H18.C10H20.C9H18.C9H12.C9H18.C9H12.3C9H18.C9H12.C9H20.C4H10.C3H9N.3CH4/c1-4-10-7-8-11(5-2)12(6-3)9-10;1-4-10-8-7-9-11(5-2)12(10)6-3;1-8-5-6-10(3,4)7-9(8)2;2*1-7-4-8(2)6-9(3)5-7;2*1-7-4-5-8(2)9(3)6-7;1-8-5-4-6-9(2,3)7-8;1-8-6-4-5-7-9(8,2)3;2*1-7-5-4-6-8(2)9(7)3;1-4-6-8-9(3)7-5-2;2*1-4(2)3;;;/h2*7-9H,4-6H2,1-3H3;8-9H,5-7H2,1-4H3;7-9H,4-6H2,1-3H3;4-6H,1-3H3;7-9H,4-6H2,1-3H3;4-6H,1-3H3;2*8H,4-7H2,1-3H3;7-9H,4-6H2,1-3H3;4-6H,1-3H3;9H,4-8H2,1-3H3;4H,1-3H3;1-3H3;3*1H4. The molecular weight excluding hydrogens is 1520 g/mol. The number of benzene rings is 5. The highest BCUT2D eigenvalue weighted by Gasteiger charge is 2.31. The van der Waals surface area contributed by atoms with Crippen LogP contribution in [0.5, 0.6) is 0 Å². The molecule has 126 heavy (non-hydrogen) atoms. The average Bonchev–Trinajstić information content (AvgIpc) is 0.857. The van der Waals surface area contributed by atoms with E-state index in [9.17, 15) is 0 Å². The molecule has 0 N–H and O–H groups in total. The summed E-state index contributed by atoms with van der Waals surface area (Å²) in [5.41, 5.74) is 23.4. The van der Waals surface area contributed by atoms with Crippen LogP contribution in [0.4, 0.5) is 0 Å². The summed E-state index contributed by atoms with van der Waals surface area (Å²) in [5.74, 6) is 14.5. The van der Waals surface area contributed by atoms with Crippen molar-refractivity contribution in [1.82, 2.24) is 4.90 Å². The van der Waals surface area contributed by atoms with Gasteiger partial charge in [-0.1, -0.05) is 446 Å². The van der Waals surface area contributed by atoms with Crippen LogP contribution in [-0.2, 0) is 38.5 Å². The highest BCUT2D eigenvalue weighted by molar-refractivity contribution is 5.36. The van der Waals surface area contributed by atoms with Crippen molar-refractivity contribution in [1.29, 1.82) is 0 Å². The van der Waals surface area contributed by atoms with E-state index in [1.165, 1.54) is 245 Å². The minimum Gasteiger partial charge on any atom is -0.312 e. The van der Waals surface area contributed by atoms with Crippen molar-refractivity contribution in [3.8, 4) is 0 Å². The molecule has 0 aromatic heterocycles. The number of aryl methyl sites for hydroxylation is 13. The molecule has 6 fully saturated rings. The summed E-state index contributed by atoms with van der Waals surface area (Å²) in [4.78, 5) is 2.00. The Balaban J connectivity index is -0.000000309. The van der Waals surface area contributed by atoms with E-state index in [4.69, 9.17) is 0 Å². The summed E-state index contributed by atoms with van der Waals surface area (Å²) in [6.45, 7) is 91.4. The summed E-state index contributed by atoms with van der Waals surface area (Å²) >= 11 is 0. The molecule has 0 aliphatic heterocycles. The minimum absolute atomic E-state index is 0. The van der Waals surface area contributed by atoms with Gasteiger partial charge in [-0.3, -0.25) is 0 Å². The summed E-state index contributed by atoms with van der Waals surface area (Å²) < 4.78 is 0. The lowest BCUT2D eigenvalue weighted by molar-refractivity contribution is 0.139. The van der Waals surface area contributed by atoms with Crippen LogP contribution in [0, 0.1) is 167 Å². The lowest BCUT2D eigenvalue weighted by Gasteiger charge is -2.37. The van der Waals surface area contributed by atoms with E-state index in [1.807, 2.05) is 26.0 Å². The molecule has 10 atom stereocenters. The van der Waals surface area contributed by atoms with Crippen molar-refractivity contribution in [3.05, 3.63) is 174 Å². The quantitative estimate of drug-likeness (QED) is 0.127. The van der Waals surface area contributed by atoms with E-state index in [2.05, 4.69) is 368 Å². The summed E-state index contributed by atoms with van der Waals surface area (Å²) in [6.07, 6.45) is 43.0. The molecule has 0 spiro atoms. The lowest BCUT2D eigenvalue weighted by atomic mass is 9.68. The van der Waals surface area contributed by atoms with Gasteiger partial charge < -0.3 is 4.90 Å². The zero-order valence-corrected chi connectivity index (χ0v) is 91.7. The normalized spacial score (nSPS) is 23.3. The van der Waals surface area contributed by atoms with Crippen molar-refractivity contribution in [2.45, 2.75) is 498 Å². The van der Waals surface area contributed by atoms with Gasteiger partial charge in [-0.05, 0) is 352 Å². The SMILES string of the molecule is C.C.C.CC(C)C.CC1CC(C)CC(C)C1.CC1CCC(C)(C)CC1C.CC1CCC(C)C(C)C1.CC1CCCC(C)(C)C1.CC1CCCC(C)C1C.CC1CCCCC1(C)C.CCCCC(C)CCC.CCc1ccc(CC)c(CC)c1.CCc1cccc(CC)c1CC.CN(C)C.Cc1cc(C)cc(C)c1.Cc1ccc(C)c(C)c1.Cc1cccc(C)c1C. The maximum atomic E-state index is 2.40. The largest absolute Gasteiger partial charge is 0.312 e. The molecule has 1 heteroatoms. The van der Waals surface area contributed by atoms with Crippen molar-refractivity contribution in [2.24, 2.45) is 105 Å². The van der Waals surface area contributed by atoms with Gasteiger partial charge in [0, 0.05) is 0 Å². The Morgan fingerprint density at radius 3 is 1.13 bits per heavy atom. The Bertz CT molecular complexity index is 3200. The van der Waals surface area contributed by atoms with Gasteiger partial charge in [-0.2, -0.15) is 0 Å². The fraction of sp³-hybridized carbons (Fsp3) is 0.760. The first kappa shape index (κ1) is 133. The van der Waals surface area contributed by atoms with Crippen LogP contribution in [0.1, 0.15) is 481 Å². The number of hydrogen-bond acceptors (Lipinski definition) is 1. The summed E-state index contributed by atoms with van der Waals surface area (Å²) in [5, 5.41) is 0. The second kappa shape index (κ2) is 74.5. The van der Waals surface area contributed by atoms with Gasteiger partial charge >= 0.3 is 0 Å². The third-order valence-electron chi connectivity index (χ3n) is 28.7. The minimum atomic E-state index is 0. The summed E-state index contributed by atoms with van der Waals surface area (Å²) in [7, 11) is 6.00. The van der Waals surface area contributed by atoms with Gasteiger partial charge in [0.25, 0.3) is 0 Å². The molecule has 0 heterocycles. The first-order valence-corrected chi connectivity index (χ1v) is 52.3. The number of rotatable bonds is 11. The van der Waals surface area contributed by atoms with Crippen molar-refractivity contribution < 1.29 is 0 Å². The third-order valence-corrected chi connectivity index (χ3v) is 28.7. The molecule has 0 bridgehead atoms. The lowest BCUT2D eigenvalue weighted by Crippen LogP contribution is -2.26. The molecular formula is C125H233N. The van der Waals surface area contributed by atoms with Crippen LogP contribution in [0.25, 0.3) is 0 Å². The average molecular weight is 1750 g/mol. The zero-order chi connectivity index (χ0) is 94.9. The molecule has 0 radical (unpaired) electrons. The highest BCUT2D eigenvalue weighted by atomic mass is 15.0. The third kappa shape index (κ3) is 65.6. The Kier molecular flexibility index (Phi) is 78.5. The van der Waals surface area contributed by atoms with E-state index in [-0.39, 0.29) is 22.3 Å². The van der Waals surface area contributed by atoms with Crippen molar-refractivity contribution in [3.63, 3.8) is 0 Å². The molecule has 6 saturated carbocycles. The molecule has 0 amide bonds. The van der Waals surface area contributed by atoms with E-state index in [0.717, 1.165) is 121 Å². The Morgan fingerprint density at radius 1 is 0.341 bits per heavy atom. The topological polar surface area (TPSA) is 3.24 Å².